The summed E-state index contributed by atoms with van der Waals surface area (Å²) in [5.41, 5.74) is 10.0. The molecule has 0 aliphatic heterocycles. The Bertz CT molecular complexity index is 586. The molecule has 0 atom stereocenters. The average Bonchev–Trinajstić information content (AvgIpc) is 2.81. The van der Waals surface area contributed by atoms with E-state index in [9.17, 15) is 0 Å². The van der Waals surface area contributed by atoms with E-state index in [2.05, 4.69) is 42.4 Å². The van der Waals surface area contributed by atoms with Gasteiger partial charge >= 0.3 is 0 Å². The Morgan fingerprint density at radius 3 is 2.65 bits per heavy atom. The lowest BCUT2D eigenvalue weighted by Gasteiger charge is -2.10. The van der Waals surface area contributed by atoms with E-state index in [0.29, 0.717) is 5.92 Å². The molecule has 0 amide bonds. The van der Waals surface area contributed by atoms with Crippen molar-refractivity contribution in [2.45, 2.75) is 47.1 Å². The molecule has 0 aliphatic rings. The summed E-state index contributed by atoms with van der Waals surface area (Å²) in [4.78, 5) is 0. The molecule has 1 aromatic heterocycles. The van der Waals surface area contributed by atoms with Gasteiger partial charge in [0.1, 0.15) is 0 Å². The minimum atomic E-state index is 0.701. The van der Waals surface area contributed by atoms with Crippen LogP contribution in [-0.2, 0) is 6.54 Å². The van der Waals surface area contributed by atoms with Crippen molar-refractivity contribution in [2.24, 2.45) is 5.92 Å². The van der Waals surface area contributed by atoms with E-state index < -0.39 is 0 Å². The topological polar surface area (TPSA) is 69.6 Å². The number of nitrogens with zero attached hydrogens (tertiary/aromatic N) is 4. The van der Waals surface area contributed by atoms with Crippen LogP contribution in [0.2, 0.25) is 0 Å². The fourth-order valence-corrected chi connectivity index (χ4v) is 2.31. The van der Waals surface area contributed by atoms with Crippen LogP contribution in [0.15, 0.2) is 12.1 Å². The van der Waals surface area contributed by atoms with E-state index in [-0.39, 0.29) is 0 Å². The van der Waals surface area contributed by atoms with Gasteiger partial charge < -0.3 is 5.73 Å². The fourth-order valence-electron chi connectivity index (χ4n) is 2.31. The van der Waals surface area contributed by atoms with Gasteiger partial charge in [-0.15, -0.1) is 5.10 Å². The zero-order valence-electron chi connectivity index (χ0n) is 12.7. The van der Waals surface area contributed by atoms with E-state index in [4.69, 9.17) is 5.73 Å². The molecule has 2 aromatic rings. The van der Waals surface area contributed by atoms with Crippen LogP contribution in [0.1, 0.15) is 37.8 Å². The SMILES string of the molecule is Cc1cc(C)c(-c2nnnn2CCCC(C)C)cc1N. The molecule has 2 rings (SSSR count). The number of nitrogen functional groups attached to an aromatic ring is 1. The summed E-state index contributed by atoms with van der Waals surface area (Å²) in [5, 5.41) is 12.1. The Morgan fingerprint density at radius 1 is 1.20 bits per heavy atom. The van der Waals surface area contributed by atoms with Gasteiger partial charge in [-0.2, -0.15) is 0 Å². The lowest BCUT2D eigenvalue weighted by Crippen LogP contribution is -2.05. The van der Waals surface area contributed by atoms with Crippen molar-refractivity contribution < 1.29 is 0 Å². The average molecular weight is 273 g/mol. The Kier molecular flexibility index (Phi) is 4.37. The molecule has 5 heteroatoms. The van der Waals surface area contributed by atoms with Crippen molar-refractivity contribution >= 4 is 5.69 Å². The van der Waals surface area contributed by atoms with Gasteiger partial charge in [-0.25, -0.2) is 4.68 Å². The predicted molar refractivity (Wildman–Crippen MR) is 81.2 cm³/mol. The molecule has 20 heavy (non-hydrogen) atoms. The molecular weight excluding hydrogens is 250 g/mol. The highest BCUT2D eigenvalue weighted by molar-refractivity contribution is 5.67. The highest BCUT2D eigenvalue weighted by Crippen LogP contribution is 2.26. The normalized spacial score (nSPS) is 11.2. The van der Waals surface area contributed by atoms with Gasteiger partial charge in [-0.1, -0.05) is 19.9 Å². The molecule has 108 valence electrons. The van der Waals surface area contributed by atoms with Gasteiger partial charge in [-0.05, 0) is 60.2 Å². The maximum absolute atomic E-state index is 6.01. The highest BCUT2D eigenvalue weighted by Gasteiger charge is 2.13. The van der Waals surface area contributed by atoms with Gasteiger partial charge in [0.05, 0.1) is 0 Å². The van der Waals surface area contributed by atoms with E-state index in [1.807, 2.05) is 17.7 Å². The Morgan fingerprint density at radius 2 is 1.95 bits per heavy atom. The zero-order chi connectivity index (χ0) is 14.7. The molecule has 0 radical (unpaired) electrons. The number of benzene rings is 1. The van der Waals surface area contributed by atoms with E-state index >= 15 is 0 Å². The van der Waals surface area contributed by atoms with Crippen LogP contribution in [0.25, 0.3) is 11.4 Å². The first-order valence-electron chi connectivity index (χ1n) is 7.12. The molecule has 0 aliphatic carbocycles. The van der Waals surface area contributed by atoms with Gasteiger partial charge in [-0.3, -0.25) is 0 Å². The molecular formula is C15H23N5. The number of rotatable bonds is 5. The van der Waals surface area contributed by atoms with Crippen LogP contribution in [-0.4, -0.2) is 20.2 Å². The summed E-state index contributed by atoms with van der Waals surface area (Å²) in [6.07, 6.45) is 2.25. The highest BCUT2D eigenvalue weighted by atomic mass is 15.5. The molecule has 0 saturated carbocycles. The molecule has 1 heterocycles. The molecule has 0 saturated heterocycles. The van der Waals surface area contributed by atoms with Crippen LogP contribution >= 0.6 is 0 Å². The fraction of sp³-hybridized carbons (Fsp3) is 0.533. The quantitative estimate of drug-likeness (QED) is 0.850. The Labute approximate surface area is 120 Å². The van der Waals surface area contributed by atoms with Crippen LogP contribution < -0.4 is 5.73 Å². The van der Waals surface area contributed by atoms with Gasteiger partial charge in [0.15, 0.2) is 5.82 Å². The summed E-state index contributed by atoms with van der Waals surface area (Å²) in [5.74, 6) is 1.50. The number of anilines is 1. The number of hydrogen-bond acceptors (Lipinski definition) is 4. The van der Waals surface area contributed by atoms with Crippen molar-refractivity contribution in [1.82, 2.24) is 20.2 Å². The first-order valence-corrected chi connectivity index (χ1v) is 7.12. The van der Waals surface area contributed by atoms with Gasteiger partial charge in [0.25, 0.3) is 0 Å². The minimum Gasteiger partial charge on any atom is -0.398 e. The van der Waals surface area contributed by atoms with Crippen molar-refractivity contribution in [1.29, 1.82) is 0 Å². The number of aromatic nitrogens is 4. The van der Waals surface area contributed by atoms with Crippen LogP contribution in [0.3, 0.4) is 0 Å². The monoisotopic (exact) mass is 273 g/mol. The van der Waals surface area contributed by atoms with Crippen LogP contribution in [0.5, 0.6) is 0 Å². The second kappa shape index (κ2) is 6.03. The number of hydrogen-bond donors (Lipinski definition) is 1. The van der Waals surface area contributed by atoms with Gasteiger partial charge in [0.2, 0.25) is 0 Å². The summed E-state index contributed by atoms with van der Waals surface area (Å²) in [6.45, 7) is 9.37. The van der Waals surface area contributed by atoms with Crippen molar-refractivity contribution in [2.75, 3.05) is 5.73 Å². The number of aryl methyl sites for hydroxylation is 3. The van der Waals surface area contributed by atoms with Crippen molar-refractivity contribution in [3.05, 3.63) is 23.3 Å². The van der Waals surface area contributed by atoms with Crippen molar-refractivity contribution in [3.8, 4) is 11.4 Å². The number of nitrogens with two attached hydrogens (primary N) is 1. The van der Waals surface area contributed by atoms with Gasteiger partial charge in [0, 0.05) is 17.8 Å². The predicted octanol–water partition coefficient (Wildman–Crippen LogP) is 2.98. The third kappa shape index (κ3) is 3.15. The second-order valence-corrected chi connectivity index (χ2v) is 5.79. The maximum atomic E-state index is 6.01. The summed E-state index contributed by atoms with van der Waals surface area (Å²) < 4.78 is 1.87. The summed E-state index contributed by atoms with van der Waals surface area (Å²) in [7, 11) is 0. The zero-order valence-corrected chi connectivity index (χ0v) is 12.7. The smallest absolute Gasteiger partial charge is 0.182 e. The molecule has 1 aromatic carbocycles. The molecule has 2 N–H and O–H groups in total. The molecule has 0 fully saturated rings. The lowest BCUT2D eigenvalue weighted by atomic mass is 10.0. The second-order valence-electron chi connectivity index (χ2n) is 5.79. The third-order valence-corrected chi connectivity index (χ3v) is 3.54. The molecule has 5 nitrogen and oxygen atoms in total. The summed E-state index contributed by atoms with van der Waals surface area (Å²) >= 11 is 0. The third-order valence-electron chi connectivity index (χ3n) is 3.54. The Hall–Kier alpha value is -1.91. The maximum Gasteiger partial charge on any atom is 0.182 e. The standard InChI is InChI=1S/C15H23N5/c1-10(2)6-5-7-20-15(17-18-19-20)13-9-14(16)12(4)8-11(13)3/h8-10H,5-7,16H2,1-4H3. The Balaban J connectivity index is 2.25. The van der Waals surface area contributed by atoms with E-state index in [1.54, 1.807) is 0 Å². The first-order chi connectivity index (χ1) is 9.49. The largest absolute Gasteiger partial charge is 0.398 e. The summed E-state index contributed by atoms with van der Waals surface area (Å²) in [6, 6.07) is 4.05. The van der Waals surface area contributed by atoms with Crippen LogP contribution in [0, 0.1) is 19.8 Å². The van der Waals surface area contributed by atoms with E-state index in [1.165, 1.54) is 6.42 Å². The lowest BCUT2D eigenvalue weighted by molar-refractivity contribution is 0.485. The van der Waals surface area contributed by atoms with E-state index in [0.717, 1.165) is 41.2 Å². The molecule has 0 unspecified atom stereocenters. The first kappa shape index (κ1) is 14.5. The van der Waals surface area contributed by atoms with Crippen LogP contribution in [0.4, 0.5) is 5.69 Å². The minimum absolute atomic E-state index is 0.701. The van der Waals surface area contributed by atoms with Crippen molar-refractivity contribution in [3.63, 3.8) is 0 Å². The number of tetrazole rings is 1. The molecule has 0 bridgehead atoms. The molecule has 0 spiro atoms.